The van der Waals surface area contributed by atoms with E-state index in [1.54, 1.807) is 6.92 Å². The van der Waals surface area contributed by atoms with Crippen LogP contribution in [0.4, 0.5) is 5.69 Å². The summed E-state index contributed by atoms with van der Waals surface area (Å²) in [5.41, 5.74) is 4.36. The van der Waals surface area contributed by atoms with Crippen LogP contribution in [0.15, 0.2) is 23.3 Å². The molecule has 1 aliphatic carbocycles. The van der Waals surface area contributed by atoms with E-state index in [0.29, 0.717) is 11.1 Å². The van der Waals surface area contributed by atoms with Gasteiger partial charge in [-0.1, -0.05) is 0 Å². The number of hydrazone groups is 1. The van der Waals surface area contributed by atoms with E-state index < -0.39 is 4.92 Å². The fourth-order valence-electron chi connectivity index (χ4n) is 2.09. The Labute approximate surface area is 110 Å². The average molecular weight is 261 g/mol. The highest BCUT2D eigenvalue weighted by molar-refractivity contribution is 5.96. The molecule has 0 aliphatic heterocycles. The van der Waals surface area contributed by atoms with Crippen LogP contribution in [-0.2, 0) is 0 Å². The van der Waals surface area contributed by atoms with Gasteiger partial charge in [-0.3, -0.25) is 14.9 Å². The number of nitro benzene ring substituents is 1. The lowest BCUT2D eigenvalue weighted by Crippen LogP contribution is -2.19. The van der Waals surface area contributed by atoms with Crippen molar-refractivity contribution in [3.63, 3.8) is 0 Å². The molecule has 0 unspecified atom stereocenters. The first-order valence-corrected chi connectivity index (χ1v) is 6.19. The van der Waals surface area contributed by atoms with Gasteiger partial charge < -0.3 is 0 Å². The minimum Gasteiger partial charge on any atom is -0.267 e. The summed E-state index contributed by atoms with van der Waals surface area (Å²) in [6, 6.07) is 4.28. The SMILES string of the molecule is Cc1cc(C(=O)NN=C2CCCC2)ccc1[N+](=O)[O-]. The lowest BCUT2D eigenvalue weighted by Gasteiger charge is -2.03. The highest BCUT2D eigenvalue weighted by atomic mass is 16.6. The van der Waals surface area contributed by atoms with Gasteiger partial charge in [0.2, 0.25) is 0 Å². The quantitative estimate of drug-likeness (QED) is 0.670. The standard InChI is InChI=1S/C13H15N3O3/c1-9-8-10(6-7-12(9)16(18)19)13(17)15-14-11-4-2-3-5-11/h6-8H,2-5H2,1H3,(H,15,17). The van der Waals surface area contributed by atoms with E-state index in [0.717, 1.165) is 31.4 Å². The third kappa shape index (κ3) is 3.15. The Kier molecular flexibility index (Phi) is 3.89. The normalized spacial score (nSPS) is 14.3. The largest absolute Gasteiger partial charge is 0.272 e. The summed E-state index contributed by atoms with van der Waals surface area (Å²) in [5, 5.41) is 14.8. The number of amides is 1. The number of hydrogen-bond donors (Lipinski definition) is 1. The minimum absolute atomic E-state index is 0.0126. The number of rotatable bonds is 3. The first-order valence-electron chi connectivity index (χ1n) is 6.19. The molecule has 1 aromatic carbocycles. The summed E-state index contributed by atoms with van der Waals surface area (Å²) >= 11 is 0. The lowest BCUT2D eigenvalue weighted by atomic mass is 10.1. The van der Waals surface area contributed by atoms with Crippen LogP contribution in [0.5, 0.6) is 0 Å². The molecule has 2 rings (SSSR count). The van der Waals surface area contributed by atoms with Crippen molar-refractivity contribution < 1.29 is 9.72 Å². The van der Waals surface area contributed by atoms with Crippen molar-refractivity contribution in [3.8, 4) is 0 Å². The van der Waals surface area contributed by atoms with E-state index in [2.05, 4.69) is 10.5 Å². The van der Waals surface area contributed by atoms with Gasteiger partial charge in [-0.15, -0.1) is 0 Å². The molecule has 1 amide bonds. The Balaban J connectivity index is 2.09. The van der Waals surface area contributed by atoms with Crippen LogP contribution in [-0.4, -0.2) is 16.5 Å². The minimum atomic E-state index is -0.463. The highest BCUT2D eigenvalue weighted by Crippen LogP contribution is 2.19. The molecule has 0 atom stereocenters. The maximum absolute atomic E-state index is 11.8. The van der Waals surface area contributed by atoms with E-state index >= 15 is 0 Å². The van der Waals surface area contributed by atoms with Gasteiger partial charge in [0.05, 0.1) is 4.92 Å². The third-order valence-electron chi connectivity index (χ3n) is 3.15. The molecule has 0 spiro atoms. The van der Waals surface area contributed by atoms with Crippen LogP contribution in [0.1, 0.15) is 41.6 Å². The summed E-state index contributed by atoms with van der Waals surface area (Å²) < 4.78 is 0. The first-order chi connectivity index (χ1) is 9.08. The Morgan fingerprint density at radius 2 is 2.05 bits per heavy atom. The van der Waals surface area contributed by atoms with Gasteiger partial charge in [-0.05, 0) is 44.7 Å². The number of nitrogens with one attached hydrogen (secondary N) is 1. The van der Waals surface area contributed by atoms with E-state index in [1.165, 1.54) is 18.2 Å². The van der Waals surface area contributed by atoms with Gasteiger partial charge in [0.15, 0.2) is 0 Å². The van der Waals surface area contributed by atoms with Crippen LogP contribution in [0.25, 0.3) is 0 Å². The third-order valence-corrected chi connectivity index (χ3v) is 3.15. The van der Waals surface area contributed by atoms with E-state index in [9.17, 15) is 14.9 Å². The number of carbonyl (C=O) groups is 1. The molecule has 1 N–H and O–H groups in total. The predicted molar refractivity (Wildman–Crippen MR) is 71.2 cm³/mol. The van der Waals surface area contributed by atoms with E-state index in [4.69, 9.17) is 0 Å². The zero-order valence-corrected chi connectivity index (χ0v) is 10.7. The zero-order valence-electron chi connectivity index (χ0n) is 10.7. The second kappa shape index (κ2) is 5.60. The second-order valence-corrected chi connectivity index (χ2v) is 4.58. The number of benzene rings is 1. The number of hydrogen-bond acceptors (Lipinski definition) is 4. The van der Waals surface area contributed by atoms with Gasteiger partial charge >= 0.3 is 0 Å². The van der Waals surface area contributed by atoms with Crippen LogP contribution in [0, 0.1) is 17.0 Å². The molecule has 0 radical (unpaired) electrons. The first kappa shape index (κ1) is 13.2. The van der Waals surface area contributed by atoms with Crippen molar-refractivity contribution in [3.05, 3.63) is 39.4 Å². The van der Waals surface area contributed by atoms with Crippen molar-refractivity contribution in [2.45, 2.75) is 32.6 Å². The highest BCUT2D eigenvalue weighted by Gasteiger charge is 2.14. The summed E-state index contributed by atoms with van der Waals surface area (Å²) in [5.74, 6) is -0.336. The molecular formula is C13H15N3O3. The van der Waals surface area contributed by atoms with Crippen molar-refractivity contribution in [2.24, 2.45) is 5.10 Å². The fraction of sp³-hybridized carbons (Fsp3) is 0.385. The van der Waals surface area contributed by atoms with Crippen molar-refractivity contribution >= 4 is 17.3 Å². The molecule has 0 heterocycles. The fourth-order valence-corrected chi connectivity index (χ4v) is 2.09. The smallest absolute Gasteiger partial charge is 0.267 e. The monoisotopic (exact) mass is 261 g/mol. The molecule has 19 heavy (non-hydrogen) atoms. The van der Waals surface area contributed by atoms with E-state index in [1.807, 2.05) is 0 Å². The number of carbonyl (C=O) groups excluding carboxylic acids is 1. The number of aryl methyl sites for hydroxylation is 1. The summed E-state index contributed by atoms with van der Waals surface area (Å²) in [6.07, 6.45) is 4.09. The predicted octanol–water partition coefficient (Wildman–Crippen LogP) is 2.56. The van der Waals surface area contributed by atoms with Crippen LogP contribution in [0.2, 0.25) is 0 Å². The van der Waals surface area contributed by atoms with Gasteiger partial charge in [-0.2, -0.15) is 5.10 Å². The number of nitrogens with zero attached hydrogens (tertiary/aromatic N) is 2. The maximum atomic E-state index is 11.8. The molecule has 6 nitrogen and oxygen atoms in total. The topological polar surface area (TPSA) is 84.6 Å². The van der Waals surface area contributed by atoms with Crippen molar-refractivity contribution in [1.29, 1.82) is 0 Å². The van der Waals surface area contributed by atoms with Gasteiger partial charge in [0.1, 0.15) is 0 Å². The molecule has 1 fully saturated rings. The molecule has 1 saturated carbocycles. The molecule has 6 heteroatoms. The summed E-state index contributed by atoms with van der Waals surface area (Å²) in [7, 11) is 0. The molecule has 1 aliphatic rings. The van der Waals surface area contributed by atoms with Gasteiger partial charge in [0.25, 0.3) is 11.6 Å². The molecule has 0 aromatic heterocycles. The van der Waals surface area contributed by atoms with Crippen molar-refractivity contribution in [1.82, 2.24) is 5.43 Å². The van der Waals surface area contributed by atoms with Crippen LogP contribution in [0.3, 0.4) is 0 Å². The summed E-state index contributed by atoms with van der Waals surface area (Å²) in [4.78, 5) is 22.1. The molecule has 100 valence electrons. The Hall–Kier alpha value is -2.24. The average Bonchev–Trinajstić information content (AvgIpc) is 2.88. The molecule has 0 bridgehead atoms. The van der Waals surface area contributed by atoms with E-state index in [-0.39, 0.29) is 11.6 Å². The lowest BCUT2D eigenvalue weighted by molar-refractivity contribution is -0.385. The summed E-state index contributed by atoms with van der Waals surface area (Å²) in [6.45, 7) is 1.61. The molecule has 1 aromatic rings. The Bertz CT molecular complexity index is 544. The Morgan fingerprint density at radius 3 is 2.63 bits per heavy atom. The van der Waals surface area contributed by atoms with Gasteiger partial charge in [-0.25, -0.2) is 5.43 Å². The maximum Gasteiger partial charge on any atom is 0.272 e. The molecular weight excluding hydrogens is 246 g/mol. The molecule has 0 saturated heterocycles. The number of nitro groups is 1. The van der Waals surface area contributed by atoms with Crippen LogP contribution < -0.4 is 5.43 Å². The second-order valence-electron chi connectivity index (χ2n) is 4.58. The van der Waals surface area contributed by atoms with Gasteiger partial charge in [0, 0.05) is 22.9 Å². The van der Waals surface area contributed by atoms with Crippen LogP contribution >= 0.6 is 0 Å². The van der Waals surface area contributed by atoms with Crippen molar-refractivity contribution in [2.75, 3.05) is 0 Å². The Morgan fingerprint density at radius 1 is 1.37 bits per heavy atom. The zero-order chi connectivity index (χ0) is 13.8.